The Hall–Kier alpha value is -1.49. The number of rotatable bonds is 4. The minimum absolute atomic E-state index is 0.372. The van der Waals surface area contributed by atoms with Gasteiger partial charge in [0.1, 0.15) is 5.76 Å². The van der Waals surface area contributed by atoms with Crippen molar-refractivity contribution in [2.24, 2.45) is 7.05 Å². The van der Waals surface area contributed by atoms with Crippen LogP contribution in [0, 0.1) is 6.92 Å². The van der Waals surface area contributed by atoms with Gasteiger partial charge in [-0.15, -0.1) is 0 Å². The van der Waals surface area contributed by atoms with Gasteiger partial charge in [-0.2, -0.15) is 5.10 Å². The number of aldehydes is 1. The van der Waals surface area contributed by atoms with Crippen LogP contribution in [0.3, 0.4) is 0 Å². The van der Waals surface area contributed by atoms with Crippen LogP contribution >= 0.6 is 11.8 Å². The molecule has 84 valence electrons. The van der Waals surface area contributed by atoms with Gasteiger partial charge < -0.3 is 4.42 Å². The summed E-state index contributed by atoms with van der Waals surface area (Å²) >= 11 is 1.64. The lowest BCUT2D eigenvalue weighted by Gasteiger charge is -1.98. The topological polar surface area (TPSA) is 48.0 Å². The summed E-state index contributed by atoms with van der Waals surface area (Å²) in [6.07, 6.45) is 0.711. The Bertz CT molecular complexity index is 502. The average molecular weight is 236 g/mol. The lowest BCUT2D eigenvalue weighted by Crippen LogP contribution is -1.92. The average Bonchev–Trinajstić information content (AvgIpc) is 2.82. The van der Waals surface area contributed by atoms with Gasteiger partial charge in [0.05, 0.1) is 16.5 Å². The third-order valence-electron chi connectivity index (χ3n) is 2.12. The molecular formula is C11H12N2O2S. The van der Waals surface area contributed by atoms with Crippen molar-refractivity contribution in [3.05, 3.63) is 35.4 Å². The standard InChI is InChI=1S/C11H12N2O2S/c1-8-5-11(13(2)12-8)16-7-10-4-3-9(6-14)15-10/h3-6H,7H2,1-2H3. The van der Waals surface area contributed by atoms with E-state index in [0.29, 0.717) is 17.8 Å². The lowest BCUT2D eigenvalue weighted by atomic mass is 10.4. The molecule has 4 nitrogen and oxygen atoms in total. The smallest absolute Gasteiger partial charge is 0.185 e. The Morgan fingerprint density at radius 3 is 2.94 bits per heavy atom. The van der Waals surface area contributed by atoms with Gasteiger partial charge in [-0.1, -0.05) is 11.8 Å². The molecule has 0 amide bonds. The van der Waals surface area contributed by atoms with Crippen LogP contribution in [0.5, 0.6) is 0 Å². The number of aromatic nitrogens is 2. The Labute approximate surface area is 97.6 Å². The molecule has 0 N–H and O–H groups in total. The largest absolute Gasteiger partial charge is 0.457 e. The molecule has 5 heteroatoms. The zero-order chi connectivity index (χ0) is 11.5. The molecule has 0 saturated heterocycles. The molecule has 0 atom stereocenters. The molecule has 0 aliphatic heterocycles. The van der Waals surface area contributed by atoms with E-state index in [1.807, 2.05) is 30.8 Å². The Balaban J connectivity index is 2.01. The molecule has 0 bridgehead atoms. The van der Waals surface area contributed by atoms with Gasteiger partial charge in [-0.3, -0.25) is 9.48 Å². The third kappa shape index (κ3) is 2.36. The first kappa shape index (κ1) is 11.0. The van der Waals surface area contributed by atoms with E-state index in [9.17, 15) is 4.79 Å². The monoisotopic (exact) mass is 236 g/mol. The highest BCUT2D eigenvalue weighted by Gasteiger charge is 2.05. The molecule has 0 fully saturated rings. The summed E-state index contributed by atoms with van der Waals surface area (Å²) in [6, 6.07) is 5.52. The summed E-state index contributed by atoms with van der Waals surface area (Å²) in [5, 5.41) is 5.34. The number of hydrogen-bond acceptors (Lipinski definition) is 4. The maximum atomic E-state index is 10.4. The molecule has 2 aromatic rings. The van der Waals surface area contributed by atoms with E-state index >= 15 is 0 Å². The van der Waals surface area contributed by atoms with Crippen molar-refractivity contribution in [2.75, 3.05) is 0 Å². The highest BCUT2D eigenvalue weighted by molar-refractivity contribution is 7.98. The van der Waals surface area contributed by atoms with Crippen LogP contribution in [0.1, 0.15) is 22.0 Å². The van der Waals surface area contributed by atoms with Gasteiger partial charge >= 0.3 is 0 Å². The van der Waals surface area contributed by atoms with Crippen molar-refractivity contribution in [2.45, 2.75) is 17.7 Å². The molecule has 0 unspecified atom stereocenters. The van der Waals surface area contributed by atoms with Gasteiger partial charge in [-0.25, -0.2) is 0 Å². The molecule has 0 saturated carbocycles. The molecule has 2 heterocycles. The highest BCUT2D eigenvalue weighted by Crippen LogP contribution is 2.23. The summed E-state index contributed by atoms with van der Waals surface area (Å²) in [5.41, 5.74) is 0.998. The lowest BCUT2D eigenvalue weighted by molar-refractivity contribution is 0.109. The number of nitrogens with zero attached hydrogens (tertiary/aromatic N) is 2. The fourth-order valence-electron chi connectivity index (χ4n) is 1.40. The summed E-state index contributed by atoms with van der Waals surface area (Å²) in [4.78, 5) is 10.4. The second-order valence-electron chi connectivity index (χ2n) is 3.46. The summed E-state index contributed by atoms with van der Waals surface area (Å²) in [5.74, 6) is 1.87. The van der Waals surface area contributed by atoms with E-state index in [2.05, 4.69) is 5.10 Å². The Morgan fingerprint density at radius 2 is 2.38 bits per heavy atom. The number of carbonyl (C=O) groups is 1. The van der Waals surface area contributed by atoms with E-state index in [0.717, 1.165) is 16.5 Å². The molecule has 2 rings (SSSR count). The molecule has 0 aliphatic rings. The van der Waals surface area contributed by atoms with Gasteiger partial charge in [0.25, 0.3) is 0 Å². The second kappa shape index (κ2) is 4.57. The van der Waals surface area contributed by atoms with Gasteiger partial charge in [-0.05, 0) is 25.1 Å². The molecule has 0 spiro atoms. The first-order valence-corrected chi connectivity index (χ1v) is 5.85. The van der Waals surface area contributed by atoms with Crippen molar-refractivity contribution in [3.8, 4) is 0 Å². The van der Waals surface area contributed by atoms with Crippen LogP contribution in [-0.2, 0) is 12.8 Å². The van der Waals surface area contributed by atoms with Crippen LogP contribution in [-0.4, -0.2) is 16.1 Å². The van der Waals surface area contributed by atoms with Crippen molar-refractivity contribution in [1.29, 1.82) is 0 Å². The van der Waals surface area contributed by atoms with Gasteiger partial charge in [0.15, 0.2) is 12.0 Å². The number of aryl methyl sites for hydroxylation is 2. The summed E-state index contributed by atoms with van der Waals surface area (Å²) in [7, 11) is 1.91. The van der Waals surface area contributed by atoms with Crippen LogP contribution in [0.4, 0.5) is 0 Å². The molecule has 2 aromatic heterocycles. The maximum absolute atomic E-state index is 10.4. The van der Waals surface area contributed by atoms with Crippen LogP contribution in [0.15, 0.2) is 27.6 Å². The Kier molecular flexibility index (Phi) is 3.14. The molecule has 0 radical (unpaired) electrons. The summed E-state index contributed by atoms with van der Waals surface area (Å²) in [6.45, 7) is 1.96. The van der Waals surface area contributed by atoms with E-state index < -0.39 is 0 Å². The molecular weight excluding hydrogens is 224 g/mol. The quantitative estimate of drug-likeness (QED) is 0.604. The zero-order valence-electron chi connectivity index (χ0n) is 9.14. The number of furan rings is 1. The molecule has 0 aromatic carbocycles. The highest BCUT2D eigenvalue weighted by atomic mass is 32.2. The van der Waals surface area contributed by atoms with E-state index in [1.54, 1.807) is 17.8 Å². The third-order valence-corrected chi connectivity index (χ3v) is 3.23. The van der Waals surface area contributed by atoms with E-state index in [1.165, 1.54) is 0 Å². The molecule has 16 heavy (non-hydrogen) atoms. The SMILES string of the molecule is Cc1cc(SCc2ccc(C=O)o2)n(C)n1. The van der Waals surface area contributed by atoms with Crippen molar-refractivity contribution >= 4 is 18.0 Å². The summed E-state index contributed by atoms with van der Waals surface area (Å²) < 4.78 is 7.12. The van der Waals surface area contributed by atoms with Crippen LogP contribution in [0.2, 0.25) is 0 Å². The van der Waals surface area contributed by atoms with Crippen LogP contribution in [0.25, 0.3) is 0 Å². The Morgan fingerprint density at radius 1 is 1.56 bits per heavy atom. The number of thioether (sulfide) groups is 1. The van der Waals surface area contributed by atoms with Crippen molar-refractivity contribution < 1.29 is 9.21 Å². The van der Waals surface area contributed by atoms with Gasteiger partial charge in [0, 0.05) is 7.05 Å². The van der Waals surface area contributed by atoms with Crippen LogP contribution < -0.4 is 0 Å². The zero-order valence-corrected chi connectivity index (χ0v) is 9.95. The predicted molar refractivity (Wildman–Crippen MR) is 61.6 cm³/mol. The van der Waals surface area contributed by atoms with Gasteiger partial charge in [0.2, 0.25) is 0 Å². The fraction of sp³-hybridized carbons (Fsp3) is 0.273. The first-order chi connectivity index (χ1) is 7.69. The minimum Gasteiger partial charge on any atom is -0.457 e. The maximum Gasteiger partial charge on any atom is 0.185 e. The fourth-order valence-corrected chi connectivity index (χ4v) is 2.33. The van der Waals surface area contributed by atoms with Crippen molar-refractivity contribution in [1.82, 2.24) is 9.78 Å². The molecule has 0 aliphatic carbocycles. The minimum atomic E-state index is 0.372. The second-order valence-corrected chi connectivity index (χ2v) is 4.45. The van der Waals surface area contributed by atoms with E-state index in [-0.39, 0.29) is 0 Å². The number of carbonyl (C=O) groups excluding carboxylic acids is 1. The normalized spacial score (nSPS) is 10.6. The number of hydrogen-bond donors (Lipinski definition) is 0. The predicted octanol–water partition coefficient (Wildman–Crippen LogP) is 2.43. The van der Waals surface area contributed by atoms with Crippen molar-refractivity contribution in [3.63, 3.8) is 0 Å². The van der Waals surface area contributed by atoms with E-state index in [4.69, 9.17) is 4.42 Å². The first-order valence-electron chi connectivity index (χ1n) is 4.86.